The number of carbonyl (C=O) groups is 1. The first-order chi connectivity index (χ1) is 10.4. The molecule has 7 heteroatoms. The van der Waals surface area contributed by atoms with E-state index in [1.165, 1.54) is 7.11 Å². The van der Waals surface area contributed by atoms with Crippen LogP contribution in [0.5, 0.6) is 11.5 Å². The van der Waals surface area contributed by atoms with Crippen molar-refractivity contribution in [2.45, 2.75) is 32.4 Å². The van der Waals surface area contributed by atoms with Crippen molar-refractivity contribution in [2.24, 2.45) is 11.7 Å². The third kappa shape index (κ3) is 5.89. The SMILES string of the molecule is CCC(C)C(N)C(=O)NCC(O)c1cc(OC)ccc1OC.Cl. The normalized spacial score (nSPS) is 14.2. The second kappa shape index (κ2) is 10.3. The van der Waals surface area contributed by atoms with Gasteiger partial charge in [-0.05, 0) is 24.1 Å². The van der Waals surface area contributed by atoms with E-state index in [9.17, 15) is 9.90 Å². The number of nitrogens with two attached hydrogens (primary N) is 1. The van der Waals surface area contributed by atoms with Gasteiger partial charge in [0.25, 0.3) is 0 Å². The van der Waals surface area contributed by atoms with Crippen molar-refractivity contribution < 1.29 is 19.4 Å². The van der Waals surface area contributed by atoms with Gasteiger partial charge in [0.15, 0.2) is 0 Å². The van der Waals surface area contributed by atoms with Crippen LogP contribution in [-0.2, 0) is 4.79 Å². The molecule has 0 aromatic heterocycles. The van der Waals surface area contributed by atoms with Gasteiger partial charge in [-0.3, -0.25) is 4.79 Å². The first kappa shape index (κ1) is 21.5. The highest BCUT2D eigenvalue weighted by Crippen LogP contribution is 2.29. The zero-order chi connectivity index (χ0) is 16.7. The van der Waals surface area contributed by atoms with Crippen molar-refractivity contribution in [3.8, 4) is 11.5 Å². The number of nitrogens with one attached hydrogen (secondary N) is 1. The maximum atomic E-state index is 12.0. The minimum Gasteiger partial charge on any atom is -0.497 e. The predicted octanol–water partition coefficient (Wildman–Crippen LogP) is 1.65. The van der Waals surface area contributed by atoms with E-state index in [0.717, 1.165) is 6.42 Å². The van der Waals surface area contributed by atoms with Crippen LogP contribution in [0, 0.1) is 5.92 Å². The van der Waals surface area contributed by atoms with Crippen LogP contribution in [0.15, 0.2) is 18.2 Å². The molecule has 1 aromatic carbocycles. The minimum absolute atomic E-state index is 0. The molecule has 3 atom stereocenters. The van der Waals surface area contributed by atoms with Gasteiger partial charge in [-0.25, -0.2) is 0 Å². The maximum Gasteiger partial charge on any atom is 0.237 e. The smallest absolute Gasteiger partial charge is 0.237 e. The van der Waals surface area contributed by atoms with Crippen LogP contribution in [0.4, 0.5) is 0 Å². The molecule has 0 saturated carbocycles. The van der Waals surface area contributed by atoms with E-state index in [0.29, 0.717) is 17.1 Å². The van der Waals surface area contributed by atoms with Gasteiger partial charge in [-0.1, -0.05) is 20.3 Å². The standard InChI is InChI=1S/C16H26N2O4.ClH/c1-5-10(2)15(17)16(20)18-9-13(19)12-8-11(21-3)6-7-14(12)22-4;/h6-8,10,13,15,19H,5,9,17H2,1-4H3,(H,18,20);1H. The van der Waals surface area contributed by atoms with Crippen molar-refractivity contribution in [3.63, 3.8) is 0 Å². The molecule has 1 rings (SSSR count). The Bertz CT molecular complexity index is 499. The van der Waals surface area contributed by atoms with Crippen LogP contribution < -0.4 is 20.5 Å². The Hall–Kier alpha value is -1.50. The van der Waals surface area contributed by atoms with E-state index in [-0.39, 0.29) is 30.8 Å². The Morgan fingerprint density at radius 2 is 2.00 bits per heavy atom. The van der Waals surface area contributed by atoms with Gasteiger partial charge in [0.05, 0.1) is 26.4 Å². The molecular weight excluding hydrogens is 320 g/mol. The fourth-order valence-corrected chi connectivity index (χ4v) is 2.04. The summed E-state index contributed by atoms with van der Waals surface area (Å²) in [6.07, 6.45) is -0.0842. The largest absolute Gasteiger partial charge is 0.497 e. The summed E-state index contributed by atoms with van der Waals surface area (Å²) in [6.45, 7) is 3.96. The lowest BCUT2D eigenvalue weighted by Crippen LogP contribution is -2.45. The van der Waals surface area contributed by atoms with Gasteiger partial charge >= 0.3 is 0 Å². The molecule has 0 saturated heterocycles. The molecule has 0 aliphatic rings. The summed E-state index contributed by atoms with van der Waals surface area (Å²) in [5.74, 6) is 0.963. The fourth-order valence-electron chi connectivity index (χ4n) is 2.04. The predicted molar refractivity (Wildman–Crippen MR) is 92.2 cm³/mol. The van der Waals surface area contributed by atoms with Gasteiger partial charge in [0.2, 0.25) is 5.91 Å². The number of methoxy groups -OCH3 is 2. The average molecular weight is 347 g/mol. The highest BCUT2D eigenvalue weighted by atomic mass is 35.5. The summed E-state index contributed by atoms with van der Waals surface area (Å²) in [7, 11) is 3.07. The van der Waals surface area contributed by atoms with E-state index in [4.69, 9.17) is 15.2 Å². The molecule has 0 spiro atoms. The van der Waals surface area contributed by atoms with Gasteiger partial charge < -0.3 is 25.6 Å². The molecule has 4 N–H and O–H groups in total. The Kier molecular flexibility index (Phi) is 9.64. The number of rotatable bonds is 8. The lowest BCUT2D eigenvalue weighted by atomic mass is 9.99. The lowest BCUT2D eigenvalue weighted by Gasteiger charge is -2.20. The molecule has 3 unspecified atom stereocenters. The molecule has 132 valence electrons. The zero-order valence-electron chi connectivity index (χ0n) is 14.0. The second-order valence-electron chi connectivity index (χ2n) is 5.28. The van der Waals surface area contributed by atoms with Crippen molar-refractivity contribution in [1.82, 2.24) is 5.32 Å². The number of carbonyl (C=O) groups excluding carboxylic acids is 1. The third-order valence-electron chi connectivity index (χ3n) is 3.83. The number of hydrogen-bond acceptors (Lipinski definition) is 5. The van der Waals surface area contributed by atoms with Gasteiger partial charge in [0, 0.05) is 12.1 Å². The summed E-state index contributed by atoms with van der Waals surface area (Å²) in [6, 6.07) is 4.56. The summed E-state index contributed by atoms with van der Waals surface area (Å²) in [5.41, 5.74) is 6.41. The van der Waals surface area contributed by atoms with Crippen LogP contribution in [0.1, 0.15) is 31.9 Å². The van der Waals surface area contributed by atoms with Crippen LogP contribution in [0.2, 0.25) is 0 Å². The quantitative estimate of drug-likeness (QED) is 0.665. The minimum atomic E-state index is -0.905. The Labute approximate surface area is 143 Å². The number of hydrogen-bond donors (Lipinski definition) is 3. The molecule has 0 bridgehead atoms. The molecule has 0 heterocycles. The van der Waals surface area contributed by atoms with Crippen LogP contribution in [-0.4, -0.2) is 37.8 Å². The molecule has 1 amide bonds. The fraction of sp³-hybridized carbons (Fsp3) is 0.562. The lowest BCUT2D eigenvalue weighted by molar-refractivity contribution is -0.123. The van der Waals surface area contributed by atoms with Crippen LogP contribution >= 0.6 is 12.4 Å². The average Bonchev–Trinajstić information content (AvgIpc) is 2.56. The van der Waals surface area contributed by atoms with Crippen molar-refractivity contribution >= 4 is 18.3 Å². The summed E-state index contributed by atoms with van der Waals surface area (Å²) >= 11 is 0. The summed E-state index contributed by atoms with van der Waals surface area (Å²) in [5, 5.41) is 13.0. The molecular formula is C16H27ClN2O4. The zero-order valence-corrected chi connectivity index (χ0v) is 14.9. The first-order valence-corrected chi connectivity index (χ1v) is 7.37. The van der Waals surface area contributed by atoms with E-state index in [1.54, 1.807) is 25.3 Å². The topological polar surface area (TPSA) is 93.8 Å². The number of amides is 1. The Morgan fingerprint density at radius 1 is 1.35 bits per heavy atom. The van der Waals surface area contributed by atoms with Crippen molar-refractivity contribution in [3.05, 3.63) is 23.8 Å². The van der Waals surface area contributed by atoms with Gasteiger partial charge in [-0.15, -0.1) is 12.4 Å². The second-order valence-corrected chi connectivity index (χ2v) is 5.28. The molecule has 23 heavy (non-hydrogen) atoms. The molecule has 6 nitrogen and oxygen atoms in total. The molecule has 0 fully saturated rings. The van der Waals surface area contributed by atoms with E-state index < -0.39 is 12.1 Å². The third-order valence-corrected chi connectivity index (χ3v) is 3.83. The monoisotopic (exact) mass is 346 g/mol. The van der Waals surface area contributed by atoms with E-state index in [1.807, 2.05) is 13.8 Å². The maximum absolute atomic E-state index is 12.0. The number of halogens is 1. The van der Waals surface area contributed by atoms with Crippen molar-refractivity contribution in [1.29, 1.82) is 0 Å². The number of aliphatic hydroxyl groups excluding tert-OH is 1. The highest BCUT2D eigenvalue weighted by molar-refractivity contribution is 5.85. The Balaban J connectivity index is 0.00000484. The summed E-state index contributed by atoms with van der Waals surface area (Å²) < 4.78 is 10.4. The molecule has 0 radical (unpaired) electrons. The molecule has 1 aromatic rings. The highest BCUT2D eigenvalue weighted by Gasteiger charge is 2.21. The van der Waals surface area contributed by atoms with Crippen LogP contribution in [0.25, 0.3) is 0 Å². The number of aliphatic hydroxyl groups is 1. The Morgan fingerprint density at radius 3 is 2.52 bits per heavy atom. The van der Waals surface area contributed by atoms with Crippen molar-refractivity contribution in [2.75, 3.05) is 20.8 Å². The number of ether oxygens (including phenoxy) is 2. The first-order valence-electron chi connectivity index (χ1n) is 7.37. The molecule has 0 aliphatic heterocycles. The van der Waals surface area contributed by atoms with Gasteiger partial charge in [0.1, 0.15) is 11.5 Å². The van der Waals surface area contributed by atoms with E-state index in [2.05, 4.69) is 5.32 Å². The van der Waals surface area contributed by atoms with Crippen LogP contribution in [0.3, 0.4) is 0 Å². The summed E-state index contributed by atoms with van der Waals surface area (Å²) in [4.78, 5) is 12.0. The molecule has 0 aliphatic carbocycles. The van der Waals surface area contributed by atoms with Gasteiger partial charge in [-0.2, -0.15) is 0 Å². The number of benzene rings is 1. The van der Waals surface area contributed by atoms with E-state index >= 15 is 0 Å².